The molecule has 0 saturated carbocycles. The number of pyridine rings is 1. The largest absolute Gasteiger partial charge is 0.496 e. The smallest absolute Gasteiger partial charge is 0.416 e. The summed E-state index contributed by atoms with van der Waals surface area (Å²) < 4.78 is 64.4. The van der Waals surface area contributed by atoms with Gasteiger partial charge >= 0.3 is 12.1 Å². The number of hydrogen-bond donors (Lipinski definition) is 2. The highest BCUT2D eigenvalue weighted by atomic mass is 19.4. The van der Waals surface area contributed by atoms with E-state index < -0.39 is 53.5 Å². The summed E-state index contributed by atoms with van der Waals surface area (Å²) in [6.07, 6.45) is -3.31. The Kier molecular flexibility index (Phi) is 11.4. The number of methoxy groups -OCH3 is 1. The monoisotopic (exact) mass is 673 g/mol. The van der Waals surface area contributed by atoms with Gasteiger partial charge in [0.2, 0.25) is 5.91 Å². The van der Waals surface area contributed by atoms with Crippen LogP contribution in [0.25, 0.3) is 11.1 Å². The lowest BCUT2D eigenvalue weighted by molar-refractivity contribution is -0.139. The Morgan fingerprint density at radius 3 is 2.31 bits per heavy atom. The zero-order valence-corrected chi connectivity index (χ0v) is 28.1. The number of carbonyl (C=O) groups excluding carboxylic acids is 1. The predicted octanol–water partition coefficient (Wildman–Crippen LogP) is 6.77. The van der Waals surface area contributed by atoms with E-state index in [0.717, 1.165) is 47.0 Å². The summed E-state index contributed by atoms with van der Waals surface area (Å²) in [7, 11) is 1.53. The van der Waals surface area contributed by atoms with E-state index in [1.807, 2.05) is 30.9 Å². The molecule has 0 bridgehead atoms. The summed E-state index contributed by atoms with van der Waals surface area (Å²) in [6, 6.07) is 4.68. The first-order valence-electron chi connectivity index (χ1n) is 16.0. The minimum absolute atomic E-state index is 0.0210. The number of alkyl halides is 3. The number of amides is 1. The van der Waals surface area contributed by atoms with E-state index in [1.54, 1.807) is 19.9 Å². The van der Waals surface area contributed by atoms with Crippen molar-refractivity contribution in [1.29, 1.82) is 0 Å². The summed E-state index contributed by atoms with van der Waals surface area (Å²) in [5, 5.41) is 12.5. The first kappa shape index (κ1) is 36.6. The molecule has 1 aromatic heterocycles. The summed E-state index contributed by atoms with van der Waals surface area (Å²) in [4.78, 5) is 41.3. The van der Waals surface area contributed by atoms with Gasteiger partial charge in [0.05, 0.1) is 25.1 Å². The van der Waals surface area contributed by atoms with Crippen LogP contribution in [0.15, 0.2) is 41.3 Å². The van der Waals surface area contributed by atoms with E-state index >= 15 is 4.39 Å². The number of likely N-dealkylation sites (tertiary alicyclic amines) is 1. The molecule has 8 nitrogen and oxygen atoms in total. The molecule has 1 fully saturated rings. The van der Waals surface area contributed by atoms with Crippen LogP contribution >= 0.6 is 0 Å². The van der Waals surface area contributed by atoms with Crippen LogP contribution in [0.2, 0.25) is 0 Å². The number of benzene rings is 2. The van der Waals surface area contributed by atoms with Gasteiger partial charge < -0.3 is 24.6 Å². The molecule has 0 aliphatic carbocycles. The topological polar surface area (TPSA) is 101 Å². The van der Waals surface area contributed by atoms with Gasteiger partial charge in [0, 0.05) is 24.4 Å². The van der Waals surface area contributed by atoms with Crippen LogP contribution < -0.4 is 15.6 Å². The summed E-state index contributed by atoms with van der Waals surface area (Å²) in [5.74, 6) is -2.39. The number of ether oxygens (including phenoxy) is 1. The quantitative estimate of drug-likeness (QED) is 0.194. The summed E-state index contributed by atoms with van der Waals surface area (Å²) in [5.41, 5.74) is 0.984. The Hall–Kier alpha value is -4.19. The Bertz CT molecular complexity index is 1730. The highest BCUT2D eigenvalue weighted by molar-refractivity contribution is 5.82. The highest BCUT2D eigenvalue weighted by Crippen LogP contribution is 2.37. The molecule has 2 heterocycles. The fourth-order valence-electron chi connectivity index (χ4n) is 6.35. The van der Waals surface area contributed by atoms with Crippen molar-refractivity contribution in [3.8, 4) is 16.9 Å². The average Bonchev–Trinajstić information content (AvgIpc) is 2.96. The molecule has 12 heteroatoms. The number of aliphatic carboxylic acids is 1. The van der Waals surface area contributed by atoms with E-state index in [2.05, 4.69) is 5.32 Å². The first-order valence-corrected chi connectivity index (χ1v) is 16.0. The van der Waals surface area contributed by atoms with E-state index in [1.165, 1.54) is 20.1 Å². The fourth-order valence-corrected chi connectivity index (χ4v) is 6.35. The maximum atomic E-state index is 15.9. The molecule has 2 unspecified atom stereocenters. The van der Waals surface area contributed by atoms with E-state index in [-0.39, 0.29) is 35.4 Å². The van der Waals surface area contributed by atoms with Crippen molar-refractivity contribution in [3.63, 3.8) is 0 Å². The van der Waals surface area contributed by atoms with Crippen molar-refractivity contribution in [3.05, 3.63) is 86.1 Å². The third kappa shape index (κ3) is 8.26. The molecule has 48 heavy (non-hydrogen) atoms. The van der Waals surface area contributed by atoms with E-state index in [4.69, 9.17) is 4.74 Å². The molecule has 1 aliphatic heterocycles. The van der Waals surface area contributed by atoms with Gasteiger partial charge in [-0.05, 0) is 111 Å². The van der Waals surface area contributed by atoms with Crippen molar-refractivity contribution in [1.82, 2.24) is 14.8 Å². The Morgan fingerprint density at radius 1 is 1.06 bits per heavy atom. The Balaban J connectivity index is 1.78. The molecule has 0 radical (unpaired) electrons. The first-order chi connectivity index (χ1) is 22.5. The molecule has 4 rings (SSSR count). The maximum Gasteiger partial charge on any atom is 0.416 e. The zero-order chi connectivity index (χ0) is 35.5. The second-order valence-electron chi connectivity index (χ2n) is 13.0. The van der Waals surface area contributed by atoms with Gasteiger partial charge in [-0.25, -0.2) is 4.39 Å². The minimum atomic E-state index is -4.77. The average molecular weight is 674 g/mol. The van der Waals surface area contributed by atoms with Crippen LogP contribution in [0.3, 0.4) is 0 Å². The molecule has 3 aromatic rings. The number of aryl methyl sites for hydroxylation is 2. The van der Waals surface area contributed by atoms with Gasteiger partial charge in [0.25, 0.3) is 5.56 Å². The van der Waals surface area contributed by atoms with Crippen LogP contribution in [-0.4, -0.2) is 53.2 Å². The second-order valence-corrected chi connectivity index (χ2v) is 13.0. The molecule has 1 aliphatic rings. The van der Waals surface area contributed by atoms with E-state index in [0.29, 0.717) is 23.9 Å². The lowest BCUT2D eigenvalue weighted by atomic mass is 9.90. The Morgan fingerprint density at radius 2 is 1.75 bits per heavy atom. The number of carboxylic acid groups (broad SMARTS) is 1. The van der Waals surface area contributed by atoms with Gasteiger partial charge in [-0.3, -0.25) is 14.4 Å². The zero-order valence-electron chi connectivity index (χ0n) is 28.1. The molecular weight excluding hydrogens is 630 g/mol. The van der Waals surface area contributed by atoms with E-state index in [9.17, 15) is 32.7 Å². The van der Waals surface area contributed by atoms with Crippen molar-refractivity contribution in [2.24, 2.45) is 5.92 Å². The second kappa shape index (κ2) is 14.9. The number of carbonyl (C=O) groups is 2. The molecule has 2 aromatic carbocycles. The number of hydrogen-bond acceptors (Lipinski definition) is 5. The van der Waals surface area contributed by atoms with Gasteiger partial charge in [-0.1, -0.05) is 19.9 Å². The molecule has 260 valence electrons. The highest BCUT2D eigenvalue weighted by Gasteiger charge is 2.36. The van der Waals surface area contributed by atoms with Crippen molar-refractivity contribution in [2.45, 2.75) is 78.6 Å². The SMILES string of the molecule is COc1ccc(C)c(-c2cc(C)c(F)c(C(CC(=O)O)NC(=O)C(CC(C)C)n3cc(CCN4CCC4)c(C(F)(F)F)cc3=O)c2)c1C. The van der Waals surface area contributed by atoms with Crippen LogP contribution in [-0.2, 0) is 22.2 Å². The molecule has 1 saturated heterocycles. The van der Waals surface area contributed by atoms with Gasteiger partial charge in [-0.2, -0.15) is 13.2 Å². The normalized spacial score (nSPS) is 14.8. The lowest BCUT2D eigenvalue weighted by Gasteiger charge is -2.31. The third-order valence-corrected chi connectivity index (χ3v) is 8.93. The number of rotatable bonds is 13. The predicted molar refractivity (Wildman–Crippen MR) is 175 cm³/mol. The van der Waals surface area contributed by atoms with Crippen LogP contribution in [0.4, 0.5) is 17.6 Å². The maximum absolute atomic E-state index is 15.9. The number of nitrogens with one attached hydrogen (secondary N) is 1. The van der Waals surface area contributed by atoms with Crippen LogP contribution in [0, 0.1) is 32.5 Å². The minimum Gasteiger partial charge on any atom is -0.496 e. The van der Waals surface area contributed by atoms with Crippen LogP contribution in [0.5, 0.6) is 5.75 Å². The van der Waals surface area contributed by atoms with Gasteiger partial charge in [0.1, 0.15) is 17.6 Å². The number of aromatic nitrogens is 1. The van der Waals surface area contributed by atoms with Crippen LogP contribution in [0.1, 0.15) is 78.6 Å². The van der Waals surface area contributed by atoms with Crippen molar-refractivity contribution in [2.75, 3.05) is 26.7 Å². The van der Waals surface area contributed by atoms with Gasteiger partial charge in [-0.15, -0.1) is 0 Å². The number of halogens is 4. The lowest BCUT2D eigenvalue weighted by Crippen LogP contribution is -2.41. The molecule has 2 atom stereocenters. The molecule has 0 spiro atoms. The standard InChI is InChI=1S/C36H43F4N3O5/c1-20(2)14-29(43-19-24(10-13-42-11-7-12-42)27(17-31(43)44)36(38,39)40)35(47)41-28(18-32(45)46)26-16-25(15-22(4)34(26)37)33-21(3)8-9-30(48-6)23(33)5/h8-9,15-17,19-20,28-29H,7,10-14,18H2,1-6H3,(H,41,47)(H,45,46). The van der Waals surface area contributed by atoms with Gasteiger partial charge in [0.15, 0.2) is 0 Å². The number of carboxylic acids is 1. The molecular formula is C36H43F4N3O5. The molecule has 2 N–H and O–H groups in total. The third-order valence-electron chi connectivity index (χ3n) is 8.93. The summed E-state index contributed by atoms with van der Waals surface area (Å²) >= 11 is 0. The van der Waals surface area contributed by atoms with Crippen molar-refractivity contribution >= 4 is 11.9 Å². The number of nitrogens with zero attached hydrogens (tertiary/aromatic N) is 2. The molecule has 1 amide bonds. The van der Waals surface area contributed by atoms with Crippen molar-refractivity contribution < 1.29 is 37.0 Å². The summed E-state index contributed by atoms with van der Waals surface area (Å²) in [6.45, 7) is 10.8. The fraction of sp³-hybridized carbons (Fsp3) is 0.472. The Labute approximate surface area is 277 Å².